The molecule has 0 saturated heterocycles. The van der Waals surface area contributed by atoms with Gasteiger partial charge in [-0.3, -0.25) is 9.36 Å². The zero-order valence-corrected chi connectivity index (χ0v) is 8.33. The van der Waals surface area contributed by atoms with Gasteiger partial charge in [-0.1, -0.05) is 13.3 Å². The van der Waals surface area contributed by atoms with Gasteiger partial charge in [0.15, 0.2) is 0 Å². The summed E-state index contributed by atoms with van der Waals surface area (Å²) >= 11 is 0. The van der Waals surface area contributed by atoms with Crippen molar-refractivity contribution in [2.45, 2.75) is 26.2 Å². The van der Waals surface area contributed by atoms with Gasteiger partial charge in [-0.15, -0.1) is 0 Å². The standard InChI is InChI=1S/C7H14NO4P/c1-2-3-4-6(7(8)9)5-13(10,11)12/h5H,2-4H2,1H3,(H2,8,9)(H2,10,11,12)/b6-5-. The summed E-state index contributed by atoms with van der Waals surface area (Å²) in [6.07, 6.45) is 1.84. The Morgan fingerprint density at radius 2 is 2.08 bits per heavy atom. The third-order valence-electron chi connectivity index (χ3n) is 1.44. The Labute approximate surface area is 76.8 Å². The monoisotopic (exact) mass is 207 g/mol. The highest BCUT2D eigenvalue weighted by atomic mass is 31.2. The molecule has 0 aliphatic rings. The van der Waals surface area contributed by atoms with Gasteiger partial charge in [-0.25, -0.2) is 0 Å². The van der Waals surface area contributed by atoms with Crippen LogP contribution in [0.25, 0.3) is 0 Å². The first-order valence-corrected chi connectivity index (χ1v) is 5.61. The van der Waals surface area contributed by atoms with Gasteiger partial charge in [-0.2, -0.15) is 0 Å². The van der Waals surface area contributed by atoms with E-state index in [-0.39, 0.29) is 5.57 Å². The van der Waals surface area contributed by atoms with Gasteiger partial charge in [0.2, 0.25) is 5.91 Å². The van der Waals surface area contributed by atoms with Crippen LogP contribution in [0.2, 0.25) is 0 Å². The van der Waals surface area contributed by atoms with E-state index < -0.39 is 13.5 Å². The average Bonchev–Trinajstić information content (AvgIpc) is 1.95. The van der Waals surface area contributed by atoms with Gasteiger partial charge >= 0.3 is 7.60 Å². The Bertz CT molecular complexity index is 255. The second-order valence-electron chi connectivity index (χ2n) is 2.71. The van der Waals surface area contributed by atoms with Crippen molar-refractivity contribution in [3.63, 3.8) is 0 Å². The van der Waals surface area contributed by atoms with E-state index in [9.17, 15) is 9.36 Å². The minimum atomic E-state index is -4.28. The Kier molecular flexibility index (Phi) is 4.91. The summed E-state index contributed by atoms with van der Waals surface area (Å²) < 4.78 is 10.5. The molecule has 4 N–H and O–H groups in total. The predicted molar refractivity (Wildman–Crippen MR) is 48.8 cm³/mol. The van der Waals surface area contributed by atoms with Crippen LogP contribution < -0.4 is 5.73 Å². The molecule has 0 aromatic heterocycles. The number of carbonyl (C=O) groups is 1. The molecule has 0 atom stereocenters. The smallest absolute Gasteiger partial charge is 0.349 e. The highest BCUT2D eigenvalue weighted by molar-refractivity contribution is 7.55. The molecule has 0 aromatic rings. The first-order valence-electron chi connectivity index (χ1n) is 3.93. The van der Waals surface area contributed by atoms with E-state index in [4.69, 9.17) is 15.5 Å². The number of hydrogen-bond donors (Lipinski definition) is 3. The van der Waals surface area contributed by atoms with Gasteiger partial charge in [0, 0.05) is 11.4 Å². The zero-order chi connectivity index (χ0) is 10.5. The maximum absolute atomic E-state index is 10.7. The Morgan fingerprint density at radius 1 is 1.54 bits per heavy atom. The molecule has 0 aliphatic carbocycles. The molecule has 0 saturated carbocycles. The van der Waals surface area contributed by atoms with Crippen molar-refractivity contribution in [3.05, 3.63) is 11.4 Å². The molecule has 0 aromatic carbocycles. The molecule has 0 unspecified atom stereocenters. The van der Waals surface area contributed by atoms with Crippen LogP contribution in [0.4, 0.5) is 0 Å². The largest absolute Gasteiger partial charge is 0.366 e. The average molecular weight is 207 g/mol. The van der Waals surface area contributed by atoms with Gasteiger partial charge < -0.3 is 15.5 Å². The van der Waals surface area contributed by atoms with Crippen LogP contribution in [0.1, 0.15) is 26.2 Å². The van der Waals surface area contributed by atoms with E-state index in [1.165, 1.54) is 0 Å². The maximum atomic E-state index is 10.7. The number of carbonyl (C=O) groups excluding carboxylic acids is 1. The van der Waals surface area contributed by atoms with Gasteiger partial charge in [-0.05, 0) is 12.8 Å². The van der Waals surface area contributed by atoms with Crippen molar-refractivity contribution in [1.82, 2.24) is 0 Å². The van der Waals surface area contributed by atoms with Crippen molar-refractivity contribution in [3.8, 4) is 0 Å². The van der Waals surface area contributed by atoms with E-state index in [1.54, 1.807) is 0 Å². The Balaban J connectivity index is 4.52. The summed E-state index contributed by atoms with van der Waals surface area (Å²) in [5, 5.41) is 0. The normalized spacial score (nSPS) is 13.0. The van der Waals surface area contributed by atoms with Gasteiger partial charge in [0.1, 0.15) is 0 Å². The number of unbranched alkanes of at least 4 members (excludes halogenated alkanes) is 1. The van der Waals surface area contributed by atoms with Crippen LogP contribution in [0.5, 0.6) is 0 Å². The molecule has 0 heterocycles. The van der Waals surface area contributed by atoms with Crippen molar-refractivity contribution in [2.24, 2.45) is 5.73 Å². The number of nitrogens with two attached hydrogens (primary N) is 1. The molecule has 5 nitrogen and oxygen atoms in total. The zero-order valence-electron chi connectivity index (χ0n) is 7.43. The maximum Gasteiger partial charge on any atom is 0.349 e. The lowest BCUT2D eigenvalue weighted by Crippen LogP contribution is -2.13. The summed E-state index contributed by atoms with van der Waals surface area (Å²) in [6.45, 7) is 1.91. The molecule has 0 aliphatic heterocycles. The summed E-state index contributed by atoms with van der Waals surface area (Å²) in [6, 6.07) is 0. The predicted octanol–water partition coefficient (Wildman–Crippen LogP) is 0.724. The molecule has 0 bridgehead atoms. The Morgan fingerprint density at radius 3 is 2.38 bits per heavy atom. The molecule has 0 radical (unpaired) electrons. The summed E-state index contributed by atoms with van der Waals surface area (Å²) in [7, 11) is -4.28. The third-order valence-corrected chi connectivity index (χ3v) is 2.09. The van der Waals surface area contributed by atoms with E-state index in [1.807, 2.05) is 6.92 Å². The fourth-order valence-electron chi connectivity index (χ4n) is 0.822. The highest BCUT2D eigenvalue weighted by Gasteiger charge is 2.13. The van der Waals surface area contributed by atoms with E-state index in [0.717, 1.165) is 6.42 Å². The van der Waals surface area contributed by atoms with Crippen LogP contribution in [-0.4, -0.2) is 15.7 Å². The number of hydrogen-bond acceptors (Lipinski definition) is 2. The molecule has 13 heavy (non-hydrogen) atoms. The molecule has 0 spiro atoms. The lowest BCUT2D eigenvalue weighted by atomic mass is 10.1. The van der Waals surface area contributed by atoms with Crippen LogP contribution in [0.3, 0.4) is 0 Å². The van der Waals surface area contributed by atoms with Gasteiger partial charge in [0.25, 0.3) is 0 Å². The minimum Gasteiger partial charge on any atom is -0.366 e. The van der Waals surface area contributed by atoms with E-state index in [2.05, 4.69) is 0 Å². The first-order chi connectivity index (χ1) is 5.87. The van der Waals surface area contributed by atoms with Crippen molar-refractivity contribution >= 4 is 13.5 Å². The first kappa shape index (κ1) is 12.4. The second-order valence-corrected chi connectivity index (χ2v) is 4.15. The fourth-order valence-corrected chi connectivity index (χ4v) is 1.48. The minimum absolute atomic E-state index is 0.00943. The van der Waals surface area contributed by atoms with E-state index >= 15 is 0 Å². The Hall–Kier alpha value is -0.640. The third kappa shape index (κ3) is 6.51. The number of amides is 1. The van der Waals surface area contributed by atoms with Crippen LogP contribution in [0, 0.1) is 0 Å². The van der Waals surface area contributed by atoms with Crippen molar-refractivity contribution in [2.75, 3.05) is 0 Å². The molecule has 0 fully saturated rings. The summed E-state index contributed by atoms with van der Waals surface area (Å²) in [4.78, 5) is 27.8. The highest BCUT2D eigenvalue weighted by Crippen LogP contribution is 2.38. The topological polar surface area (TPSA) is 101 Å². The van der Waals surface area contributed by atoms with Crippen LogP contribution >= 0.6 is 7.60 Å². The molecule has 76 valence electrons. The quantitative estimate of drug-likeness (QED) is 0.456. The molecular weight excluding hydrogens is 193 g/mol. The molecular formula is C7H14NO4P. The molecule has 0 rings (SSSR count). The van der Waals surface area contributed by atoms with E-state index in [0.29, 0.717) is 18.7 Å². The van der Waals surface area contributed by atoms with Crippen LogP contribution in [0.15, 0.2) is 11.4 Å². The van der Waals surface area contributed by atoms with Crippen LogP contribution in [-0.2, 0) is 9.36 Å². The summed E-state index contributed by atoms with van der Waals surface area (Å²) in [5.74, 6) is -0.123. The number of rotatable bonds is 5. The summed E-state index contributed by atoms with van der Waals surface area (Å²) in [5.41, 5.74) is 4.94. The van der Waals surface area contributed by atoms with Crippen molar-refractivity contribution in [1.29, 1.82) is 0 Å². The lowest BCUT2D eigenvalue weighted by Gasteiger charge is -2.02. The molecule has 6 heteroatoms. The molecule has 1 amide bonds. The van der Waals surface area contributed by atoms with Crippen molar-refractivity contribution < 1.29 is 19.1 Å². The number of primary amides is 1. The lowest BCUT2D eigenvalue weighted by molar-refractivity contribution is -0.114. The fraction of sp³-hybridized carbons (Fsp3) is 0.571. The van der Waals surface area contributed by atoms with Gasteiger partial charge in [0.05, 0.1) is 0 Å². The second kappa shape index (κ2) is 5.17. The SMILES string of the molecule is CCCC/C(=C/P(=O)(O)O)C(N)=O.